The maximum atomic E-state index is 13.4. The van der Waals surface area contributed by atoms with E-state index in [1.165, 1.54) is 0 Å². The molecule has 1 fully saturated rings. The van der Waals surface area contributed by atoms with Gasteiger partial charge in [-0.25, -0.2) is 18.7 Å². The molecule has 2 nitrogen and oxygen atoms in total. The highest BCUT2D eigenvalue weighted by Gasteiger charge is 2.35. The Kier molecular flexibility index (Phi) is 3.52. The molecule has 0 amide bonds. The molecule has 1 aromatic heterocycles. The van der Waals surface area contributed by atoms with Crippen LogP contribution in [0, 0.1) is 0 Å². The zero-order chi connectivity index (χ0) is 11.6. The van der Waals surface area contributed by atoms with Crippen molar-refractivity contribution in [2.24, 2.45) is 0 Å². The Balaban J connectivity index is 2.16. The van der Waals surface area contributed by atoms with Gasteiger partial charge in [0.2, 0.25) is 5.92 Å². The molecule has 0 bridgehead atoms. The molecule has 1 aliphatic rings. The van der Waals surface area contributed by atoms with Crippen LogP contribution in [0.1, 0.15) is 43.8 Å². The predicted octanol–water partition coefficient (Wildman–Crippen LogP) is 3.92. The lowest BCUT2D eigenvalue weighted by Gasteiger charge is -2.18. The van der Waals surface area contributed by atoms with E-state index in [0.29, 0.717) is 12.2 Å². The highest BCUT2D eigenvalue weighted by Crippen LogP contribution is 2.38. The van der Waals surface area contributed by atoms with Gasteiger partial charge < -0.3 is 0 Å². The van der Waals surface area contributed by atoms with Crippen LogP contribution in [0.5, 0.6) is 0 Å². The molecule has 1 aromatic rings. The third-order valence-electron chi connectivity index (χ3n) is 2.90. The number of aromatic nitrogens is 2. The topological polar surface area (TPSA) is 25.8 Å². The van der Waals surface area contributed by atoms with E-state index >= 15 is 0 Å². The van der Waals surface area contributed by atoms with E-state index in [0.717, 1.165) is 17.3 Å². The van der Waals surface area contributed by atoms with Crippen LogP contribution in [0.4, 0.5) is 8.78 Å². The molecular weight excluding hydrogens is 278 g/mol. The third kappa shape index (κ3) is 2.97. The van der Waals surface area contributed by atoms with Crippen molar-refractivity contribution in [1.29, 1.82) is 0 Å². The first-order chi connectivity index (χ1) is 7.57. The molecule has 0 spiro atoms. The summed E-state index contributed by atoms with van der Waals surface area (Å²) in [5.41, 5.74) is 0. The molecule has 88 valence electrons. The quantitative estimate of drug-likeness (QED) is 0.733. The Morgan fingerprint density at radius 1 is 1.25 bits per heavy atom. The number of alkyl halides is 2. The van der Waals surface area contributed by atoms with Crippen molar-refractivity contribution in [3.05, 3.63) is 22.7 Å². The summed E-state index contributed by atoms with van der Waals surface area (Å²) in [5, 5.41) is 0. The molecule has 16 heavy (non-hydrogen) atoms. The van der Waals surface area contributed by atoms with E-state index in [2.05, 4.69) is 25.9 Å². The summed E-state index contributed by atoms with van der Waals surface area (Å²) in [6, 6.07) is 0. The molecule has 0 N–H and O–H groups in total. The standard InChI is InChI=1S/C11H13BrF2N2/c12-9-6-15-10(16-7-9)8-3-1-2-4-11(13,14)5-8/h6-8H,1-5H2. The minimum absolute atomic E-state index is 0.0000278. The van der Waals surface area contributed by atoms with Crippen molar-refractivity contribution < 1.29 is 8.78 Å². The van der Waals surface area contributed by atoms with Gasteiger partial charge in [0.25, 0.3) is 0 Å². The van der Waals surface area contributed by atoms with Gasteiger partial charge >= 0.3 is 0 Å². The summed E-state index contributed by atoms with van der Waals surface area (Å²) < 4.78 is 27.6. The molecular formula is C11H13BrF2N2. The van der Waals surface area contributed by atoms with E-state index in [9.17, 15) is 8.78 Å². The van der Waals surface area contributed by atoms with Crippen molar-refractivity contribution in [1.82, 2.24) is 9.97 Å². The SMILES string of the molecule is FC1(F)CCCCC(c2ncc(Br)cn2)C1. The lowest BCUT2D eigenvalue weighted by atomic mass is 9.98. The fraction of sp³-hybridized carbons (Fsp3) is 0.636. The molecule has 0 aliphatic heterocycles. The smallest absolute Gasteiger partial charge is 0.240 e. The number of nitrogens with zero attached hydrogens (tertiary/aromatic N) is 2. The van der Waals surface area contributed by atoms with Crippen LogP contribution in [-0.4, -0.2) is 15.9 Å². The van der Waals surface area contributed by atoms with Gasteiger partial charge in [-0.3, -0.25) is 0 Å². The normalized spacial score (nSPS) is 25.1. The Bertz CT molecular complexity index is 354. The highest BCUT2D eigenvalue weighted by atomic mass is 79.9. The van der Waals surface area contributed by atoms with Crippen LogP contribution >= 0.6 is 15.9 Å². The summed E-state index contributed by atoms with van der Waals surface area (Å²) in [5.74, 6) is -2.21. The van der Waals surface area contributed by atoms with Crippen LogP contribution < -0.4 is 0 Å². The first kappa shape index (κ1) is 11.9. The Morgan fingerprint density at radius 3 is 2.62 bits per heavy atom. The van der Waals surface area contributed by atoms with Gasteiger partial charge in [-0.1, -0.05) is 6.42 Å². The average molecular weight is 291 g/mol. The fourth-order valence-electron chi connectivity index (χ4n) is 2.09. The van der Waals surface area contributed by atoms with Crippen molar-refractivity contribution in [3.8, 4) is 0 Å². The Labute approximate surface area is 102 Å². The van der Waals surface area contributed by atoms with Crippen molar-refractivity contribution in [2.75, 3.05) is 0 Å². The molecule has 1 saturated carbocycles. The first-order valence-corrected chi connectivity index (χ1v) is 6.21. The highest BCUT2D eigenvalue weighted by molar-refractivity contribution is 9.10. The van der Waals surface area contributed by atoms with E-state index < -0.39 is 5.92 Å². The summed E-state index contributed by atoms with van der Waals surface area (Å²) in [4.78, 5) is 8.24. The molecule has 1 atom stereocenters. The van der Waals surface area contributed by atoms with E-state index in [1.807, 2.05) is 0 Å². The van der Waals surface area contributed by atoms with Gasteiger partial charge in [0.15, 0.2) is 0 Å². The Morgan fingerprint density at radius 2 is 1.94 bits per heavy atom. The van der Waals surface area contributed by atoms with Crippen molar-refractivity contribution in [3.63, 3.8) is 0 Å². The molecule has 5 heteroatoms. The molecule has 1 heterocycles. The zero-order valence-electron chi connectivity index (χ0n) is 8.80. The molecule has 0 radical (unpaired) electrons. The van der Waals surface area contributed by atoms with Gasteiger partial charge in [-0.05, 0) is 28.8 Å². The molecule has 1 aliphatic carbocycles. The van der Waals surface area contributed by atoms with Crippen LogP contribution in [-0.2, 0) is 0 Å². The largest absolute Gasteiger partial charge is 0.248 e. The van der Waals surface area contributed by atoms with Gasteiger partial charge in [-0.15, -0.1) is 0 Å². The van der Waals surface area contributed by atoms with Crippen LogP contribution in [0.15, 0.2) is 16.9 Å². The monoisotopic (exact) mass is 290 g/mol. The fourth-order valence-corrected chi connectivity index (χ4v) is 2.30. The molecule has 1 unspecified atom stereocenters. The predicted molar refractivity (Wildman–Crippen MR) is 60.5 cm³/mol. The first-order valence-electron chi connectivity index (χ1n) is 5.42. The van der Waals surface area contributed by atoms with Crippen molar-refractivity contribution >= 4 is 15.9 Å². The Hall–Kier alpha value is -0.580. The van der Waals surface area contributed by atoms with Gasteiger partial charge in [0.1, 0.15) is 5.82 Å². The third-order valence-corrected chi connectivity index (χ3v) is 3.31. The molecule has 0 saturated heterocycles. The maximum absolute atomic E-state index is 13.4. The van der Waals surface area contributed by atoms with E-state index in [4.69, 9.17) is 0 Å². The lowest BCUT2D eigenvalue weighted by molar-refractivity contribution is -0.0185. The number of hydrogen-bond acceptors (Lipinski definition) is 2. The van der Waals surface area contributed by atoms with Crippen LogP contribution in [0.25, 0.3) is 0 Å². The zero-order valence-corrected chi connectivity index (χ0v) is 10.4. The van der Waals surface area contributed by atoms with Crippen LogP contribution in [0.3, 0.4) is 0 Å². The number of rotatable bonds is 1. The summed E-state index contributed by atoms with van der Waals surface area (Å²) in [6.45, 7) is 0. The average Bonchev–Trinajstić information content (AvgIpc) is 2.40. The number of halogens is 3. The summed E-state index contributed by atoms with van der Waals surface area (Å²) in [7, 11) is 0. The van der Waals surface area contributed by atoms with E-state index in [-0.39, 0.29) is 18.8 Å². The minimum Gasteiger partial charge on any atom is -0.240 e. The summed E-state index contributed by atoms with van der Waals surface area (Å²) in [6.07, 6.45) is 5.31. The summed E-state index contributed by atoms with van der Waals surface area (Å²) >= 11 is 3.23. The lowest BCUT2D eigenvalue weighted by Crippen LogP contribution is -2.18. The van der Waals surface area contributed by atoms with Crippen molar-refractivity contribution in [2.45, 2.75) is 43.9 Å². The van der Waals surface area contributed by atoms with E-state index in [1.54, 1.807) is 12.4 Å². The maximum Gasteiger partial charge on any atom is 0.248 e. The second-order valence-corrected chi connectivity index (χ2v) is 5.18. The molecule has 0 aromatic carbocycles. The second-order valence-electron chi connectivity index (χ2n) is 4.26. The second kappa shape index (κ2) is 4.73. The van der Waals surface area contributed by atoms with Gasteiger partial charge in [-0.2, -0.15) is 0 Å². The van der Waals surface area contributed by atoms with Gasteiger partial charge in [0.05, 0.1) is 4.47 Å². The molecule has 2 rings (SSSR count). The van der Waals surface area contributed by atoms with Gasteiger partial charge in [0, 0.05) is 31.2 Å². The number of hydrogen-bond donors (Lipinski definition) is 0. The minimum atomic E-state index is -2.56. The van der Waals surface area contributed by atoms with Crippen LogP contribution in [0.2, 0.25) is 0 Å².